The number of alkyl halides is 3. The first-order valence-electron chi connectivity index (χ1n) is 14.4. The lowest BCUT2D eigenvalue weighted by atomic mass is 9.99. The summed E-state index contributed by atoms with van der Waals surface area (Å²) >= 11 is 0. The van der Waals surface area contributed by atoms with E-state index in [1.165, 1.54) is 24.3 Å². The van der Waals surface area contributed by atoms with E-state index in [9.17, 15) is 46.5 Å². The highest BCUT2D eigenvalue weighted by Gasteiger charge is 2.45. The fraction of sp³-hybridized carbons (Fsp3) is 0.323. The first kappa shape index (κ1) is 33.4. The van der Waals surface area contributed by atoms with E-state index in [4.69, 9.17) is 0 Å². The molecule has 0 aliphatic heterocycles. The molecule has 2 heterocycles. The molecule has 0 radical (unpaired) electrons. The summed E-state index contributed by atoms with van der Waals surface area (Å²) in [5.41, 5.74) is -1.37. The summed E-state index contributed by atoms with van der Waals surface area (Å²) in [5.74, 6) is -6.02. The molecule has 1 fully saturated rings. The van der Waals surface area contributed by atoms with Crippen molar-refractivity contribution < 1.29 is 46.6 Å². The van der Waals surface area contributed by atoms with Gasteiger partial charge in [-0.05, 0) is 55.7 Å². The van der Waals surface area contributed by atoms with Crippen LogP contribution in [0.1, 0.15) is 41.6 Å². The van der Waals surface area contributed by atoms with Gasteiger partial charge in [-0.1, -0.05) is 25.0 Å². The summed E-state index contributed by atoms with van der Waals surface area (Å²) in [6, 6.07) is 7.62. The van der Waals surface area contributed by atoms with Gasteiger partial charge in [-0.3, -0.25) is 14.2 Å². The molecule has 5 rings (SSSR count). The topological polar surface area (TPSA) is 147 Å². The summed E-state index contributed by atoms with van der Waals surface area (Å²) in [6.07, 6.45) is -3.53. The molecule has 11 nitrogen and oxygen atoms in total. The largest absolute Gasteiger partial charge is 0.493 e. The molecule has 2 aromatic heterocycles. The molecule has 3 N–H and O–H groups in total. The third kappa shape index (κ3) is 6.78. The van der Waals surface area contributed by atoms with Crippen LogP contribution in [0.15, 0.2) is 53.3 Å². The molecular formula is C31H28F5N5O6. The highest BCUT2D eigenvalue weighted by molar-refractivity contribution is 5.98. The van der Waals surface area contributed by atoms with E-state index in [0.717, 1.165) is 24.3 Å². The van der Waals surface area contributed by atoms with Crippen molar-refractivity contribution >= 4 is 28.9 Å². The fourth-order valence-corrected chi connectivity index (χ4v) is 5.33. The normalized spacial score (nSPS) is 13.7. The summed E-state index contributed by atoms with van der Waals surface area (Å²) in [4.78, 5) is 51.9. The minimum Gasteiger partial charge on any atom is -0.394 e. The fourth-order valence-electron chi connectivity index (χ4n) is 5.33. The number of anilines is 1. The van der Waals surface area contributed by atoms with Gasteiger partial charge in [-0.25, -0.2) is 18.6 Å². The minimum atomic E-state index is -5.35. The highest BCUT2D eigenvalue weighted by Crippen LogP contribution is 2.33. The van der Waals surface area contributed by atoms with Crippen molar-refractivity contribution in [3.8, 4) is 16.9 Å². The predicted molar refractivity (Wildman–Crippen MR) is 157 cm³/mol. The van der Waals surface area contributed by atoms with Crippen molar-refractivity contribution in [2.45, 2.75) is 50.9 Å². The molecule has 1 aliphatic carbocycles. The van der Waals surface area contributed by atoms with E-state index >= 15 is 0 Å². The van der Waals surface area contributed by atoms with Gasteiger partial charge in [-0.2, -0.15) is 23.2 Å². The van der Waals surface area contributed by atoms with Gasteiger partial charge in [0.2, 0.25) is 5.95 Å². The molecule has 0 spiro atoms. The number of halogens is 5. The van der Waals surface area contributed by atoms with Crippen LogP contribution >= 0.6 is 0 Å². The van der Waals surface area contributed by atoms with Gasteiger partial charge >= 0.3 is 12.1 Å². The zero-order valence-corrected chi connectivity index (χ0v) is 24.7. The van der Waals surface area contributed by atoms with Crippen LogP contribution in [0, 0.1) is 18.6 Å². The van der Waals surface area contributed by atoms with E-state index in [1.54, 1.807) is 6.92 Å². The second-order valence-corrected chi connectivity index (χ2v) is 10.9. The van der Waals surface area contributed by atoms with Crippen LogP contribution in [0.3, 0.4) is 0 Å². The monoisotopic (exact) mass is 661 g/mol. The zero-order chi connectivity index (χ0) is 34.0. The third-order valence-corrected chi connectivity index (χ3v) is 7.69. The number of para-hydroxylation sites is 1. The van der Waals surface area contributed by atoms with Crippen LogP contribution in [-0.4, -0.2) is 73.2 Å². The van der Waals surface area contributed by atoms with Gasteiger partial charge in [0.15, 0.2) is 5.65 Å². The van der Waals surface area contributed by atoms with Gasteiger partial charge < -0.3 is 20.4 Å². The van der Waals surface area contributed by atoms with Crippen LogP contribution in [0.25, 0.3) is 28.0 Å². The van der Waals surface area contributed by atoms with E-state index in [0.29, 0.717) is 40.9 Å². The van der Waals surface area contributed by atoms with Crippen molar-refractivity contribution in [3.05, 3.63) is 81.6 Å². The molecule has 1 saturated carbocycles. The highest BCUT2D eigenvalue weighted by atomic mass is 19.4. The van der Waals surface area contributed by atoms with E-state index < -0.39 is 66.2 Å². The van der Waals surface area contributed by atoms with Crippen LogP contribution in [-0.2, 0) is 9.63 Å². The number of pyridine rings is 1. The van der Waals surface area contributed by atoms with Crippen LogP contribution < -0.4 is 10.9 Å². The van der Waals surface area contributed by atoms with Gasteiger partial charge in [0.05, 0.1) is 31.0 Å². The minimum absolute atomic E-state index is 0.0180. The van der Waals surface area contributed by atoms with Gasteiger partial charge in [-0.15, -0.1) is 0 Å². The number of fused-ring (bicyclic) bond motifs is 1. The Balaban J connectivity index is 1.72. The SMILES string of the molecule is Cc1ccc(C(=O)N(OC(=O)C(F)(F)F)C2CCCC2)cc1-c1nc(NC(CO)CO)nc2c1ccc(=O)n2-c1c(F)cccc1F. The van der Waals surface area contributed by atoms with E-state index in [2.05, 4.69) is 20.1 Å². The molecule has 0 saturated heterocycles. The maximum Gasteiger partial charge on any atom is 0.493 e. The Morgan fingerprint density at radius 1 is 1.04 bits per heavy atom. The van der Waals surface area contributed by atoms with Crippen molar-refractivity contribution in [3.63, 3.8) is 0 Å². The number of aliphatic hydroxyl groups is 2. The predicted octanol–water partition coefficient (Wildman–Crippen LogP) is 4.20. The quantitative estimate of drug-likeness (QED) is 0.187. The summed E-state index contributed by atoms with van der Waals surface area (Å²) in [7, 11) is 0. The number of carbonyl (C=O) groups excluding carboxylic acids is 2. The Hall–Kier alpha value is -4.96. The van der Waals surface area contributed by atoms with Crippen molar-refractivity contribution in [1.82, 2.24) is 19.6 Å². The average molecular weight is 662 g/mol. The number of rotatable bonds is 8. The molecule has 1 amide bonds. The molecule has 248 valence electrons. The molecule has 1 aliphatic rings. The van der Waals surface area contributed by atoms with Crippen molar-refractivity contribution in [2.75, 3.05) is 18.5 Å². The Kier molecular flexibility index (Phi) is 9.53. The van der Waals surface area contributed by atoms with E-state index in [-0.39, 0.29) is 33.8 Å². The van der Waals surface area contributed by atoms with E-state index in [1.807, 2.05) is 0 Å². The lowest BCUT2D eigenvalue weighted by molar-refractivity contribution is -0.233. The molecule has 16 heteroatoms. The summed E-state index contributed by atoms with van der Waals surface area (Å²) in [6.45, 7) is 0.473. The molecular weight excluding hydrogens is 633 g/mol. The van der Waals surface area contributed by atoms with Gasteiger partial charge in [0.25, 0.3) is 11.5 Å². The molecule has 0 unspecified atom stereocenters. The Morgan fingerprint density at radius 3 is 2.32 bits per heavy atom. The number of nitrogens with one attached hydrogen (secondary N) is 1. The Labute approximate surface area is 263 Å². The lowest BCUT2D eigenvalue weighted by Crippen LogP contribution is -2.43. The Bertz CT molecular complexity index is 1870. The number of hydroxylamine groups is 2. The number of benzene rings is 2. The second kappa shape index (κ2) is 13.4. The standard InChI is InChI=1S/C31H28F5N5O6/c1-16-9-10-17(28(45)41(19-5-2-3-6-19)47-29(46)31(34,35)36)13-21(16)25-20-11-12-24(44)40(26-22(32)7-4-8-23(26)33)27(20)39-30(38-25)37-18(14-42)15-43/h4,7-13,18-19,42-43H,2-3,5-6,14-15H2,1H3,(H,37,38,39). The lowest BCUT2D eigenvalue weighted by Gasteiger charge is -2.27. The zero-order valence-electron chi connectivity index (χ0n) is 24.7. The Morgan fingerprint density at radius 2 is 1.70 bits per heavy atom. The van der Waals surface area contributed by atoms with Crippen LogP contribution in [0.2, 0.25) is 0 Å². The second-order valence-electron chi connectivity index (χ2n) is 10.9. The number of amides is 1. The maximum atomic E-state index is 15.0. The maximum absolute atomic E-state index is 15.0. The molecule has 0 bridgehead atoms. The molecule has 2 aromatic carbocycles. The first-order chi connectivity index (χ1) is 22.3. The summed E-state index contributed by atoms with van der Waals surface area (Å²) < 4.78 is 70.0. The number of aliphatic hydroxyl groups excluding tert-OH is 2. The number of carbonyl (C=O) groups is 2. The number of aryl methyl sites for hydroxylation is 1. The molecule has 4 aromatic rings. The van der Waals surface area contributed by atoms with Crippen LogP contribution in [0.4, 0.5) is 27.9 Å². The number of hydrogen-bond acceptors (Lipinski definition) is 9. The number of aromatic nitrogens is 3. The third-order valence-electron chi connectivity index (χ3n) is 7.69. The summed E-state index contributed by atoms with van der Waals surface area (Å²) in [5, 5.41) is 22.5. The number of hydrogen-bond donors (Lipinski definition) is 3. The van der Waals surface area contributed by atoms with Crippen molar-refractivity contribution in [2.24, 2.45) is 0 Å². The van der Waals surface area contributed by atoms with Crippen molar-refractivity contribution in [1.29, 1.82) is 0 Å². The average Bonchev–Trinajstić information content (AvgIpc) is 3.57. The first-order valence-corrected chi connectivity index (χ1v) is 14.4. The van der Waals surface area contributed by atoms with Gasteiger partial charge in [0, 0.05) is 22.6 Å². The molecule has 47 heavy (non-hydrogen) atoms. The molecule has 0 atom stereocenters. The van der Waals surface area contributed by atoms with Gasteiger partial charge in [0.1, 0.15) is 17.3 Å². The van der Waals surface area contributed by atoms with Crippen LogP contribution in [0.5, 0.6) is 0 Å². The number of nitrogens with zero attached hydrogens (tertiary/aromatic N) is 4. The smallest absolute Gasteiger partial charge is 0.394 e.